The number of nitrogens with zero attached hydrogens (tertiary/aromatic N) is 6. The number of carbonyl (C=O) groups excluding carboxylic acids is 2. The lowest BCUT2D eigenvalue weighted by molar-refractivity contribution is -0.201. The molecule has 2 fully saturated rings. The van der Waals surface area contributed by atoms with Crippen molar-refractivity contribution in [1.82, 2.24) is 29.7 Å². The van der Waals surface area contributed by atoms with Gasteiger partial charge in [0.25, 0.3) is 5.91 Å². The van der Waals surface area contributed by atoms with Gasteiger partial charge in [-0.15, -0.1) is 5.10 Å². The summed E-state index contributed by atoms with van der Waals surface area (Å²) in [4.78, 5) is 44.0. The highest BCUT2D eigenvalue weighted by Gasteiger charge is 2.45. The van der Waals surface area contributed by atoms with Crippen molar-refractivity contribution in [1.29, 1.82) is 0 Å². The molecule has 2 saturated heterocycles. The van der Waals surface area contributed by atoms with E-state index in [1.807, 2.05) is 12.1 Å². The summed E-state index contributed by atoms with van der Waals surface area (Å²) in [6.45, 7) is 9.90. The van der Waals surface area contributed by atoms with E-state index in [4.69, 9.17) is 5.73 Å². The second kappa shape index (κ2) is 14.8. The van der Waals surface area contributed by atoms with Gasteiger partial charge in [-0.3, -0.25) is 9.69 Å². The molecule has 15 heteroatoms. The highest BCUT2D eigenvalue weighted by Crippen LogP contribution is 2.44. The van der Waals surface area contributed by atoms with E-state index in [2.05, 4.69) is 64.6 Å². The van der Waals surface area contributed by atoms with E-state index in [1.165, 1.54) is 57.0 Å². The summed E-state index contributed by atoms with van der Waals surface area (Å²) in [6.07, 6.45) is 3.03. The number of aromatic nitrogens is 4. The molecule has 1 aliphatic carbocycles. The average Bonchev–Trinajstić information content (AvgIpc) is 3.53. The molecule has 4 aromatic rings. The summed E-state index contributed by atoms with van der Waals surface area (Å²) < 4.78 is 39.7. The molecule has 7 rings (SSSR count). The van der Waals surface area contributed by atoms with Crippen molar-refractivity contribution in [3.8, 4) is 11.4 Å². The summed E-state index contributed by atoms with van der Waals surface area (Å²) in [7, 11) is 0. The van der Waals surface area contributed by atoms with Gasteiger partial charge in [0.15, 0.2) is 5.69 Å². The zero-order valence-electron chi connectivity index (χ0n) is 29.9. The van der Waals surface area contributed by atoms with Crippen LogP contribution in [0.2, 0.25) is 0 Å². The van der Waals surface area contributed by atoms with Gasteiger partial charge < -0.3 is 26.1 Å². The maximum Gasteiger partial charge on any atom is 0.493 e. The van der Waals surface area contributed by atoms with Gasteiger partial charge in [-0.2, -0.15) is 13.2 Å². The van der Waals surface area contributed by atoms with Gasteiger partial charge in [-0.1, -0.05) is 49.4 Å². The predicted molar refractivity (Wildman–Crippen MR) is 194 cm³/mol. The van der Waals surface area contributed by atoms with Crippen molar-refractivity contribution in [2.75, 3.05) is 42.5 Å². The quantitative estimate of drug-likeness (QED) is 0.200. The Labute approximate surface area is 305 Å². The first kappa shape index (κ1) is 36.3. The maximum atomic E-state index is 13.7. The largest absolute Gasteiger partial charge is 0.493 e. The molecular formula is C38H44F3N9O3. The van der Waals surface area contributed by atoms with Gasteiger partial charge in [0, 0.05) is 42.3 Å². The predicted octanol–water partition coefficient (Wildman–Crippen LogP) is 5.59. The van der Waals surface area contributed by atoms with E-state index in [1.54, 1.807) is 26.0 Å². The normalized spacial score (nSPS) is 17.8. The van der Waals surface area contributed by atoms with E-state index >= 15 is 0 Å². The van der Waals surface area contributed by atoms with Gasteiger partial charge in [0.1, 0.15) is 11.4 Å². The molecule has 4 N–H and O–H groups in total. The Balaban J connectivity index is 0.975. The van der Waals surface area contributed by atoms with Gasteiger partial charge in [0.05, 0.1) is 0 Å². The Kier molecular flexibility index (Phi) is 10.1. The Bertz CT molecular complexity index is 1950. The molecule has 0 atom stereocenters. The number of fused-ring (bicyclic) bond motifs is 3. The Morgan fingerprint density at radius 2 is 1.60 bits per heavy atom. The van der Waals surface area contributed by atoms with Crippen LogP contribution in [0.3, 0.4) is 0 Å². The first-order chi connectivity index (χ1) is 25.3. The summed E-state index contributed by atoms with van der Waals surface area (Å²) in [5.41, 5.74) is 9.33. The van der Waals surface area contributed by atoms with Crippen LogP contribution < -0.4 is 21.2 Å². The number of rotatable bonds is 9. The van der Waals surface area contributed by atoms with E-state index in [0.29, 0.717) is 29.1 Å². The van der Waals surface area contributed by atoms with Crippen molar-refractivity contribution in [2.45, 2.75) is 83.1 Å². The fraction of sp³-hybridized carbons (Fsp3) is 0.447. The first-order valence-electron chi connectivity index (χ1n) is 18.1. The van der Waals surface area contributed by atoms with Crippen LogP contribution in [0.4, 0.5) is 30.5 Å². The molecule has 0 saturated carbocycles. The number of halogens is 3. The number of likely N-dealkylation sites (tertiary alicyclic amines) is 2. The van der Waals surface area contributed by atoms with Crippen LogP contribution >= 0.6 is 0 Å². The molecule has 53 heavy (non-hydrogen) atoms. The maximum absolute atomic E-state index is 13.7. The Hall–Kier alpha value is -5.02. The molecule has 0 radical (unpaired) electrons. The number of piperidine rings is 2. The molecule has 2 aromatic carbocycles. The van der Waals surface area contributed by atoms with Crippen LogP contribution in [-0.4, -0.2) is 80.0 Å². The van der Waals surface area contributed by atoms with E-state index in [0.717, 1.165) is 36.9 Å². The van der Waals surface area contributed by atoms with Crippen molar-refractivity contribution in [3.63, 3.8) is 0 Å². The molecule has 3 aliphatic rings. The average molecular weight is 732 g/mol. The van der Waals surface area contributed by atoms with Crippen LogP contribution in [0.25, 0.3) is 11.4 Å². The number of benzene rings is 2. The highest BCUT2D eigenvalue weighted by atomic mass is 19.4. The lowest BCUT2D eigenvalue weighted by atomic mass is 9.73. The molecule has 2 aromatic heterocycles. The highest BCUT2D eigenvalue weighted by molar-refractivity contribution is 6.05. The standard InChI is InChI=1S/C38H44F3N9O3/c1-37(2)20-26-22-44-36(42)46-31(26)33-30(37)32(47-50(33)53-35(52)38(39,40)41)34(51)45-28-12-6-24(7-13-28)21-43-27-10-8-25(9-11-27)23-48-18-14-29(15-19-48)49-16-4-3-5-17-49/h6-13,22,29,43H,3-5,14-21,23H2,1-2H3,(H,45,51)(H2,42,44,46). The van der Waals surface area contributed by atoms with Crippen LogP contribution in [0.1, 0.15) is 78.7 Å². The number of hydrogen-bond donors (Lipinski definition) is 3. The lowest BCUT2D eigenvalue weighted by Gasteiger charge is -2.40. The molecule has 2 aliphatic heterocycles. The van der Waals surface area contributed by atoms with Gasteiger partial charge in [-0.25, -0.2) is 14.8 Å². The number of anilines is 3. The van der Waals surface area contributed by atoms with E-state index in [-0.39, 0.29) is 28.6 Å². The molecule has 4 heterocycles. The number of nitrogens with two attached hydrogens (primary N) is 1. The number of nitrogen functional groups attached to an aromatic ring is 1. The Morgan fingerprint density at radius 3 is 2.28 bits per heavy atom. The summed E-state index contributed by atoms with van der Waals surface area (Å²) in [5, 5.41) is 10.3. The van der Waals surface area contributed by atoms with Crippen molar-refractivity contribution >= 4 is 29.2 Å². The molecular weight excluding hydrogens is 687 g/mol. The minimum Gasteiger partial charge on any atom is -0.381 e. The first-order valence-corrected chi connectivity index (χ1v) is 18.1. The zero-order chi connectivity index (χ0) is 37.3. The second-order valence-electron chi connectivity index (χ2n) is 14.8. The fourth-order valence-electron chi connectivity index (χ4n) is 7.74. The van der Waals surface area contributed by atoms with Crippen LogP contribution in [0, 0.1) is 0 Å². The van der Waals surface area contributed by atoms with Gasteiger partial charge >= 0.3 is 12.1 Å². The monoisotopic (exact) mass is 731 g/mol. The van der Waals surface area contributed by atoms with E-state index in [9.17, 15) is 22.8 Å². The second-order valence-corrected chi connectivity index (χ2v) is 14.8. The minimum absolute atomic E-state index is 0.0737. The Morgan fingerprint density at radius 1 is 0.943 bits per heavy atom. The number of amides is 1. The number of carbonyl (C=O) groups is 2. The summed E-state index contributed by atoms with van der Waals surface area (Å²) in [6, 6.07) is 16.5. The van der Waals surface area contributed by atoms with Crippen LogP contribution in [0.15, 0.2) is 54.7 Å². The SMILES string of the molecule is CC1(C)Cc2cnc(N)nc2-c2c1c(C(=O)Nc1ccc(CNc3ccc(CN4CCC(N5CCCCC5)CC4)cc3)cc1)nn2OC(=O)C(F)(F)F. The molecule has 0 bridgehead atoms. The van der Waals surface area contributed by atoms with Gasteiger partial charge in [-0.05, 0) is 105 Å². The van der Waals surface area contributed by atoms with Gasteiger partial charge in [0.2, 0.25) is 5.95 Å². The third-order valence-corrected chi connectivity index (χ3v) is 10.4. The van der Waals surface area contributed by atoms with E-state index < -0.39 is 23.5 Å². The summed E-state index contributed by atoms with van der Waals surface area (Å²) >= 11 is 0. The smallest absolute Gasteiger partial charge is 0.381 e. The lowest BCUT2D eigenvalue weighted by Crippen LogP contribution is -2.46. The van der Waals surface area contributed by atoms with Crippen LogP contribution in [-0.2, 0) is 29.7 Å². The molecule has 12 nitrogen and oxygen atoms in total. The summed E-state index contributed by atoms with van der Waals surface area (Å²) in [5.74, 6) is -3.34. The fourth-order valence-corrected chi connectivity index (χ4v) is 7.74. The van der Waals surface area contributed by atoms with Crippen molar-refractivity contribution in [3.05, 3.63) is 82.7 Å². The third-order valence-electron chi connectivity index (χ3n) is 10.4. The number of hydrogen-bond acceptors (Lipinski definition) is 10. The number of alkyl halides is 3. The molecule has 280 valence electrons. The van der Waals surface area contributed by atoms with Crippen molar-refractivity contribution in [2.24, 2.45) is 0 Å². The topological polar surface area (TPSA) is 144 Å². The number of nitrogens with one attached hydrogen (secondary N) is 2. The molecule has 1 amide bonds. The molecule has 0 unspecified atom stereocenters. The zero-order valence-corrected chi connectivity index (χ0v) is 29.9. The van der Waals surface area contributed by atoms with Crippen LogP contribution in [0.5, 0.6) is 0 Å². The minimum atomic E-state index is -5.30. The molecule has 0 spiro atoms. The van der Waals surface area contributed by atoms with Crippen molar-refractivity contribution < 1.29 is 27.6 Å². The third kappa shape index (κ3) is 8.15.